The molecule has 0 unspecified atom stereocenters. The highest BCUT2D eigenvalue weighted by atomic mass is 32.1. The highest BCUT2D eigenvalue weighted by molar-refractivity contribution is 7.80. The number of nitrogens with one attached hydrogen (secondary N) is 2. The van der Waals surface area contributed by atoms with Gasteiger partial charge in [-0.15, -0.1) is 6.58 Å². The van der Waals surface area contributed by atoms with Crippen molar-refractivity contribution >= 4 is 29.3 Å². The molecule has 1 rings (SSSR count). The fraction of sp³-hybridized carbons (Fsp3) is 0.133. The van der Waals surface area contributed by atoms with Gasteiger partial charge in [-0.25, -0.2) is 0 Å². The second-order valence-corrected chi connectivity index (χ2v) is 4.30. The molecular formula is C15H15N3O2S. The molecule has 5 nitrogen and oxygen atoms in total. The molecule has 0 aliphatic heterocycles. The smallest absolute Gasteiger partial charge is 0.268 e. The Hall–Kier alpha value is -2.65. The number of thiocarbonyl (C=S) groups is 1. The monoisotopic (exact) mass is 301 g/mol. The fourth-order valence-electron chi connectivity index (χ4n) is 1.39. The Bertz CT molecular complexity index is 600. The molecule has 2 N–H and O–H groups in total. The predicted octanol–water partition coefficient (Wildman–Crippen LogP) is 1.78. The van der Waals surface area contributed by atoms with E-state index in [9.17, 15) is 4.79 Å². The van der Waals surface area contributed by atoms with Crippen molar-refractivity contribution in [1.29, 1.82) is 5.26 Å². The van der Waals surface area contributed by atoms with Crippen molar-refractivity contribution < 1.29 is 9.53 Å². The molecular weight excluding hydrogens is 286 g/mol. The number of carbonyl (C=O) groups is 1. The standard InChI is InChI=1S/C15H15N3O2S/c1-3-8-17-15(21)18-14(19)12(10-16)9-11-4-6-13(20-2)7-5-11/h3-7,9H,1,8H2,2H3,(H2,17,18,19,21)/b12-9+. The van der Waals surface area contributed by atoms with E-state index in [1.54, 1.807) is 37.5 Å². The molecule has 0 spiro atoms. The Morgan fingerprint density at radius 3 is 2.67 bits per heavy atom. The van der Waals surface area contributed by atoms with Crippen LogP contribution < -0.4 is 15.4 Å². The van der Waals surface area contributed by atoms with Gasteiger partial charge in [-0.05, 0) is 36.0 Å². The molecule has 108 valence electrons. The first-order chi connectivity index (χ1) is 10.1. The van der Waals surface area contributed by atoms with Crippen LogP contribution in [0, 0.1) is 11.3 Å². The first-order valence-electron chi connectivity index (χ1n) is 6.06. The van der Waals surface area contributed by atoms with E-state index in [4.69, 9.17) is 22.2 Å². The summed E-state index contributed by atoms with van der Waals surface area (Å²) in [6, 6.07) is 8.84. The Morgan fingerprint density at radius 1 is 1.48 bits per heavy atom. The van der Waals surface area contributed by atoms with E-state index in [0.29, 0.717) is 17.9 Å². The Morgan fingerprint density at radius 2 is 2.14 bits per heavy atom. The molecule has 1 amide bonds. The second kappa shape index (κ2) is 8.51. The number of hydrogen-bond acceptors (Lipinski definition) is 4. The van der Waals surface area contributed by atoms with E-state index in [0.717, 1.165) is 0 Å². The minimum absolute atomic E-state index is 0.0390. The first kappa shape index (κ1) is 16.4. The Labute approximate surface area is 128 Å². The van der Waals surface area contributed by atoms with E-state index in [2.05, 4.69) is 17.2 Å². The highest BCUT2D eigenvalue weighted by Crippen LogP contribution is 2.13. The number of nitrogens with zero attached hydrogens (tertiary/aromatic N) is 1. The maximum atomic E-state index is 11.9. The van der Waals surface area contributed by atoms with Crippen LogP contribution in [0.3, 0.4) is 0 Å². The van der Waals surface area contributed by atoms with Gasteiger partial charge in [0.2, 0.25) is 0 Å². The molecule has 0 aliphatic carbocycles. The quantitative estimate of drug-likeness (QED) is 0.375. The van der Waals surface area contributed by atoms with Gasteiger partial charge in [0.25, 0.3) is 5.91 Å². The zero-order valence-electron chi connectivity index (χ0n) is 11.6. The number of ether oxygens (including phenoxy) is 1. The Kier molecular flexibility index (Phi) is 6.65. The zero-order valence-corrected chi connectivity index (χ0v) is 12.4. The van der Waals surface area contributed by atoms with Crippen LogP contribution >= 0.6 is 12.2 Å². The summed E-state index contributed by atoms with van der Waals surface area (Å²) in [5.41, 5.74) is 0.676. The van der Waals surface area contributed by atoms with Gasteiger partial charge in [-0.1, -0.05) is 18.2 Å². The molecule has 0 aromatic heterocycles. The zero-order chi connectivity index (χ0) is 15.7. The van der Waals surface area contributed by atoms with Crippen LogP contribution in [0.1, 0.15) is 5.56 Å². The summed E-state index contributed by atoms with van der Waals surface area (Å²) < 4.78 is 5.04. The largest absolute Gasteiger partial charge is 0.497 e. The van der Waals surface area contributed by atoms with Crippen molar-refractivity contribution in [1.82, 2.24) is 10.6 Å². The van der Waals surface area contributed by atoms with Crippen molar-refractivity contribution in [2.24, 2.45) is 0 Å². The van der Waals surface area contributed by atoms with Gasteiger partial charge < -0.3 is 10.1 Å². The van der Waals surface area contributed by atoms with Gasteiger partial charge in [0.1, 0.15) is 17.4 Å². The number of benzene rings is 1. The number of hydrogen-bond donors (Lipinski definition) is 2. The third-order valence-electron chi connectivity index (χ3n) is 2.43. The van der Waals surface area contributed by atoms with Crippen molar-refractivity contribution in [3.05, 3.63) is 48.1 Å². The number of rotatable bonds is 5. The summed E-state index contributed by atoms with van der Waals surface area (Å²) >= 11 is 4.92. The van der Waals surface area contributed by atoms with Crippen LogP contribution in [0.2, 0.25) is 0 Å². The number of nitriles is 1. The molecule has 0 atom stereocenters. The molecule has 0 bridgehead atoms. The molecule has 0 aliphatic rings. The van der Waals surface area contributed by atoms with E-state index >= 15 is 0 Å². The topological polar surface area (TPSA) is 74.1 Å². The van der Waals surface area contributed by atoms with Crippen molar-refractivity contribution in [2.75, 3.05) is 13.7 Å². The van der Waals surface area contributed by atoms with Gasteiger partial charge in [0.15, 0.2) is 5.11 Å². The van der Waals surface area contributed by atoms with Crippen LogP contribution in [-0.4, -0.2) is 24.7 Å². The Balaban J connectivity index is 2.78. The molecule has 21 heavy (non-hydrogen) atoms. The van der Waals surface area contributed by atoms with Crippen LogP contribution in [0.25, 0.3) is 6.08 Å². The summed E-state index contributed by atoms with van der Waals surface area (Å²) in [7, 11) is 1.57. The second-order valence-electron chi connectivity index (χ2n) is 3.90. The number of carbonyl (C=O) groups excluding carboxylic acids is 1. The van der Waals surface area contributed by atoms with Gasteiger partial charge in [-0.3, -0.25) is 10.1 Å². The summed E-state index contributed by atoms with van der Waals surface area (Å²) in [6.07, 6.45) is 3.09. The minimum atomic E-state index is -0.560. The van der Waals surface area contributed by atoms with E-state index < -0.39 is 5.91 Å². The molecule has 6 heteroatoms. The van der Waals surface area contributed by atoms with Crippen molar-refractivity contribution in [3.63, 3.8) is 0 Å². The molecule has 0 saturated carbocycles. The molecule has 0 radical (unpaired) electrons. The number of amides is 1. The van der Waals surface area contributed by atoms with Gasteiger partial charge in [-0.2, -0.15) is 5.26 Å². The summed E-state index contributed by atoms with van der Waals surface area (Å²) in [6.45, 7) is 3.96. The molecule has 0 fully saturated rings. The minimum Gasteiger partial charge on any atom is -0.497 e. The lowest BCUT2D eigenvalue weighted by Crippen LogP contribution is -2.39. The maximum Gasteiger partial charge on any atom is 0.268 e. The lowest BCUT2D eigenvalue weighted by molar-refractivity contribution is -0.115. The summed E-state index contributed by atoms with van der Waals surface area (Å²) in [5, 5.41) is 14.4. The summed E-state index contributed by atoms with van der Waals surface area (Å²) in [4.78, 5) is 11.9. The lowest BCUT2D eigenvalue weighted by Gasteiger charge is -2.07. The lowest BCUT2D eigenvalue weighted by atomic mass is 10.1. The SMILES string of the molecule is C=CCNC(=S)NC(=O)/C(C#N)=C/c1ccc(OC)cc1. The maximum absolute atomic E-state index is 11.9. The van der Waals surface area contributed by atoms with Crippen LogP contribution in [0.4, 0.5) is 0 Å². The molecule has 0 heterocycles. The van der Waals surface area contributed by atoms with Crippen molar-refractivity contribution in [3.8, 4) is 11.8 Å². The van der Waals surface area contributed by atoms with Crippen LogP contribution in [0.5, 0.6) is 5.75 Å². The van der Waals surface area contributed by atoms with Crippen LogP contribution in [0.15, 0.2) is 42.5 Å². The average molecular weight is 301 g/mol. The third-order valence-corrected chi connectivity index (χ3v) is 2.67. The van der Waals surface area contributed by atoms with Gasteiger partial charge in [0, 0.05) is 6.54 Å². The molecule has 1 aromatic carbocycles. The van der Waals surface area contributed by atoms with E-state index in [1.165, 1.54) is 6.08 Å². The van der Waals surface area contributed by atoms with Crippen molar-refractivity contribution in [2.45, 2.75) is 0 Å². The van der Waals surface area contributed by atoms with E-state index in [1.807, 2.05) is 6.07 Å². The third kappa shape index (κ3) is 5.47. The van der Waals surface area contributed by atoms with Crippen LogP contribution in [-0.2, 0) is 4.79 Å². The average Bonchev–Trinajstić information content (AvgIpc) is 2.51. The fourth-order valence-corrected chi connectivity index (χ4v) is 1.57. The summed E-state index contributed by atoms with van der Waals surface area (Å²) in [5.74, 6) is 0.139. The van der Waals surface area contributed by atoms with E-state index in [-0.39, 0.29) is 10.7 Å². The van der Waals surface area contributed by atoms with Gasteiger partial charge >= 0.3 is 0 Å². The predicted molar refractivity (Wildman–Crippen MR) is 85.5 cm³/mol. The molecule has 0 saturated heterocycles. The normalized spacial score (nSPS) is 10.2. The highest BCUT2D eigenvalue weighted by Gasteiger charge is 2.10. The first-order valence-corrected chi connectivity index (χ1v) is 6.47. The number of methoxy groups -OCH3 is 1. The molecule has 1 aromatic rings. The van der Waals surface area contributed by atoms with Gasteiger partial charge in [0.05, 0.1) is 7.11 Å².